The van der Waals surface area contributed by atoms with E-state index < -0.39 is 0 Å². The summed E-state index contributed by atoms with van der Waals surface area (Å²) in [7, 11) is 0. The van der Waals surface area contributed by atoms with Crippen LogP contribution in [0.15, 0.2) is 0 Å². The molecule has 0 aliphatic rings. The molecule has 2 atom stereocenters. The maximum Gasteiger partial charge on any atom is 0.0540 e. The molecule has 0 aliphatic heterocycles. The predicted octanol–water partition coefficient (Wildman–Crippen LogP) is 5.21. The number of rotatable bonds is 15. The molecule has 0 bridgehead atoms. The quantitative estimate of drug-likeness (QED) is 0.406. The van der Waals surface area contributed by atoms with Crippen LogP contribution in [0.4, 0.5) is 0 Å². The Labute approximate surface area is 127 Å². The van der Waals surface area contributed by atoms with Gasteiger partial charge in [-0.1, -0.05) is 77.6 Å². The van der Waals surface area contributed by atoms with E-state index in [2.05, 4.69) is 6.92 Å². The summed E-state index contributed by atoms with van der Waals surface area (Å²) in [6.45, 7) is 4.08. The summed E-state index contributed by atoms with van der Waals surface area (Å²) < 4.78 is 0. The molecular weight excluding hydrogens is 248 g/mol. The Kier molecular flexibility index (Phi) is 15.3. The molecule has 0 radical (unpaired) electrons. The summed E-state index contributed by atoms with van der Waals surface area (Å²) in [4.78, 5) is 0. The lowest BCUT2D eigenvalue weighted by molar-refractivity contribution is 0.147. The lowest BCUT2D eigenvalue weighted by Gasteiger charge is -2.09. The first-order valence-corrected chi connectivity index (χ1v) is 9.03. The van der Waals surface area contributed by atoms with E-state index in [4.69, 9.17) is 5.11 Å². The fourth-order valence-corrected chi connectivity index (χ4v) is 2.65. The lowest BCUT2D eigenvalue weighted by atomic mass is 10.0. The Morgan fingerprint density at radius 2 is 1.00 bits per heavy atom. The van der Waals surface area contributed by atoms with Crippen LogP contribution in [-0.4, -0.2) is 22.4 Å². The van der Waals surface area contributed by atoms with Crippen LogP contribution in [0.25, 0.3) is 0 Å². The van der Waals surface area contributed by atoms with Crippen molar-refractivity contribution in [1.29, 1.82) is 0 Å². The highest BCUT2D eigenvalue weighted by Gasteiger charge is 2.03. The Morgan fingerprint density at radius 3 is 1.45 bits per heavy atom. The molecule has 0 heterocycles. The Bertz CT molecular complexity index is 180. The van der Waals surface area contributed by atoms with Crippen molar-refractivity contribution in [3.8, 4) is 0 Å². The third kappa shape index (κ3) is 16.0. The second-order valence-electron chi connectivity index (χ2n) is 6.40. The average Bonchev–Trinajstić information content (AvgIpc) is 2.41. The summed E-state index contributed by atoms with van der Waals surface area (Å²) >= 11 is 0. The van der Waals surface area contributed by atoms with Crippen LogP contribution in [-0.2, 0) is 0 Å². The van der Waals surface area contributed by atoms with Crippen molar-refractivity contribution in [1.82, 2.24) is 0 Å². The summed E-state index contributed by atoms with van der Waals surface area (Å²) in [6, 6.07) is 0. The normalized spacial score (nSPS) is 14.4. The minimum atomic E-state index is -0.126. The van der Waals surface area contributed by atoms with Gasteiger partial charge in [0.1, 0.15) is 0 Å². The molecule has 0 aromatic carbocycles. The molecule has 2 heteroatoms. The summed E-state index contributed by atoms with van der Waals surface area (Å²) in [5, 5.41) is 18.9. The van der Waals surface area contributed by atoms with Crippen molar-refractivity contribution in [3.63, 3.8) is 0 Å². The molecule has 2 nitrogen and oxygen atoms in total. The van der Waals surface area contributed by atoms with E-state index in [0.29, 0.717) is 0 Å². The Hall–Kier alpha value is -0.0800. The van der Waals surface area contributed by atoms with Gasteiger partial charge in [0.15, 0.2) is 0 Å². The van der Waals surface area contributed by atoms with E-state index in [1.807, 2.05) is 6.92 Å². The molecule has 0 saturated carbocycles. The van der Waals surface area contributed by atoms with E-state index in [0.717, 1.165) is 19.3 Å². The van der Waals surface area contributed by atoms with Crippen LogP contribution in [0, 0.1) is 0 Å². The minimum Gasteiger partial charge on any atom is -0.393 e. The Morgan fingerprint density at radius 1 is 0.600 bits per heavy atom. The molecule has 122 valence electrons. The van der Waals surface area contributed by atoms with E-state index in [1.165, 1.54) is 70.6 Å². The molecule has 0 amide bonds. The van der Waals surface area contributed by atoms with Crippen LogP contribution in [0.2, 0.25) is 0 Å². The second kappa shape index (κ2) is 15.3. The number of hydrogen-bond donors (Lipinski definition) is 2. The van der Waals surface area contributed by atoms with Gasteiger partial charge < -0.3 is 10.2 Å². The number of unbranched alkanes of at least 4 members (excludes halogenated alkanes) is 9. The monoisotopic (exact) mass is 286 g/mol. The van der Waals surface area contributed by atoms with Crippen molar-refractivity contribution < 1.29 is 10.2 Å². The third-order valence-electron chi connectivity index (χ3n) is 4.05. The Balaban J connectivity index is 3.09. The van der Waals surface area contributed by atoms with Crippen molar-refractivity contribution in [2.75, 3.05) is 0 Å². The summed E-state index contributed by atoms with van der Waals surface area (Å²) in [6.07, 6.45) is 16.6. The fourth-order valence-electron chi connectivity index (χ4n) is 2.65. The van der Waals surface area contributed by atoms with Crippen LogP contribution >= 0.6 is 0 Å². The average molecular weight is 286 g/mol. The maximum atomic E-state index is 9.80. The first-order chi connectivity index (χ1) is 9.66. The smallest absolute Gasteiger partial charge is 0.0540 e. The predicted molar refractivity (Wildman–Crippen MR) is 88.0 cm³/mol. The van der Waals surface area contributed by atoms with Crippen LogP contribution < -0.4 is 0 Å². The molecule has 0 spiro atoms. The highest BCUT2D eigenvalue weighted by molar-refractivity contribution is 4.57. The van der Waals surface area contributed by atoms with Gasteiger partial charge >= 0.3 is 0 Å². The maximum absolute atomic E-state index is 9.80. The van der Waals surface area contributed by atoms with Crippen LogP contribution in [0.1, 0.15) is 104 Å². The molecule has 0 fully saturated rings. The van der Waals surface area contributed by atoms with Gasteiger partial charge in [0, 0.05) is 0 Å². The van der Waals surface area contributed by atoms with Gasteiger partial charge in [-0.15, -0.1) is 0 Å². The second-order valence-corrected chi connectivity index (χ2v) is 6.40. The number of aliphatic hydroxyl groups excluding tert-OH is 2. The molecule has 2 N–H and O–H groups in total. The van der Waals surface area contributed by atoms with Gasteiger partial charge in [-0.3, -0.25) is 0 Å². The molecule has 0 saturated heterocycles. The molecular formula is C18H38O2. The van der Waals surface area contributed by atoms with Crippen molar-refractivity contribution in [3.05, 3.63) is 0 Å². The zero-order valence-electron chi connectivity index (χ0n) is 13.9. The van der Waals surface area contributed by atoms with E-state index >= 15 is 0 Å². The summed E-state index contributed by atoms with van der Waals surface area (Å²) in [5.74, 6) is 0. The lowest BCUT2D eigenvalue weighted by Crippen LogP contribution is -2.05. The fraction of sp³-hybridized carbons (Fsp3) is 1.00. The highest BCUT2D eigenvalue weighted by Crippen LogP contribution is 2.14. The van der Waals surface area contributed by atoms with Crippen LogP contribution in [0.5, 0.6) is 0 Å². The molecule has 20 heavy (non-hydrogen) atoms. The topological polar surface area (TPSA) is 40.5 Å². The van der Waals surface area contributed by atoms with Gasteiger partial charge in [-0.2, -0.15) is 0 Å². The third-order valence-corrected chi connectivity index (χ3v) is 4.05. The largest absolute Gasteiger partial charge is 0.393 e. The van der Waals surface area contributed by atoms with E-state index in [9.17, 15) is 5.11 Å². The zero-order chi connectivity index (χ0) is 15.1. The van der Waals surface area contributed by atoms with Gasteiger partial charge in [0.25, 0.3) is 0 Å². The first-order valence-electron chi connectivity index (χ1n) is 9.03. The van der Waals surface area contributed by atoms with Crippen molar-refractivity contribution >= 4 is 0 Å². The summed E-state index contributed by atoms with van der Waals surface area (Å²) in [5.41, 5.74) is 0. The number of hydrogen-bond acceptors (Lipinski definition) is 2. The van der Waals surface area contributed by atoms with Gasteiger partial charge in [0.05, 0.1) is 12.2 Å². The zero-order valence-corrected chi connectivity index (χ0v) is 13.9. The van der Waals surface area contributed by atoms with Gasteiger partial charge in [-0.25, -0.2) is 0 Å². The molecule has 0 rings (SSSR count). The first kappa shape index (κ1) is 19.9. The van der Waals surface area contributed by atoms with E-state index in [-0.39, 0.29) is 12.2 Å². The molecule has 0 aromatic rings. The minimum absolute atomic E-state index is 0.0537. The number of aliphatic hydroxyl groups is 2. The van der Waals surface area contributed by atoms with E-state index in [1.54, 1.807) is 0 Å². The SMILES string of the molecule is CCCCCC(O)CCCCCCCCCCC(C)O. The molecule has 2 unspecified atom stereocenters. The van der Waals surface area contributed by atoms with Gasteiger partial charge in [0.2, 0.25) is 0 Å². The van der Waals surface area contributed by atoms with Crippen molar-refractivity contribution in [2.45, 2.75) is 116 Å². The standard InChI is InChI=1S/C18H38O2/c1-3-4-11-15-18(20)16-13-10-8-6-5-7-9-12-14-17(2)19/h17-20H,3-16H2,1-2H3. The highest BCUT2D eigenvalue weighted by atomic mass is 16.3. The van der Waals surface area contributed by atoms with Crippen molar-refractivity contribution in [2.24, 2.45) is 0 Å². The molecule has 0 aromatic heterocycles. The van der Waals surface area contributed by atoms with Crippen LogP contribution in [0.3, 0.4) is 0 Å². The van der Waals surface area contributed by atoms with Gasteiger partial charge in [-0.05, 0) is 26.2 Å². The molecule has 0 aliphatic carbocycles.